The smallest absolute Gasteiger partial charge is 0.253 e. The number of sulfone groups is 1. The number of carbonyl (C=O) groups excluding carboxylic acids is 1. The molecule has 0 radical (unpaired) electrons. The maximum atomic E-state index is 13.6. The van der Waals surface area contributed by atoms with Gasteiger partial charge in [-0.3, -0.25) is 4.79 Å². The van der Waals surface area contributed by atoms with Gasteiger partial charge in [-0.25, -0.2) is 18.4 Å². The van der Waals surface area contributed by atoms with Crippen LogP contribution in [0.3, 0.4) is 0 Å². The number of amides is 1. The van der Waals surface area contributed by atoms with Crippen molar-refractivity contribution in [3.05, 3.63) is 65.9 Å². The summed E-state index contributed by atoms with van der Waals surface area (Å²) in [6, 6.07) is 14.0. The van der Waals surface area contributed by atoms with Crippen LogP contribution in [0.2, 0.25) is 0 Å². The largest absolute Gasteiger partial charge is 0.439 e. The molecule has 3 aromatic rings. The highest BCUT2D eigenvalue weighted by Gasteiger charge is 2.40. The molecule has 180 valence electrons. The Labute approximate surface area is 204 Å². The number of hydrogen-bond acceptors (Lipinski definition) is 8. The number of nitriles is 1. The first-order valence-corrected chi connectivity index (χ1v) is 12.5. The van der Waals surface area contributed by atoms with Gasteiger partial charge in [0.2, 0.25) is 15.7 Å². The Morgan fingerprint density at radius 2 is 1.97 bits per heavy atom. The summed E-state index contributed by atoms with van der Waals surface area (Å²) in [7, 11) is -4.26. The van der Waals surface area contributed by atoms with Crippen LogP contribution < -0.4 is 15.4 Å². The van der Waals surface area contributed by atoms with Crippen molar-refractivity contribution >= 4 is 21.6 Å². The van der Waals surface area contributed by atoms with Gasteiger partial charge in [-0.05, 0) is 56.5 Å². The Morgan fingerprint density at radius 3 is 2.63 bits per heavy atom. The Kier molecular flexibility index (Phi) is 6.21. The zero-order valence-corrected chi connectivity index (χ0v) is 20.4. The third kappa shape index (κ3) is 4.68. The highest BCUT2D eigenvalue weighted by molar-refractivity contribution is 7.91. The van der Waals surface area contributed by atoms with Gasteiger partial charge < -0.3 is 15.4 Å². The lowest BCUT2D eigenvalue weighted by Crippen LogP contribution is -2.40. The number of nitrogens with zero attached hydrogens (tertiary/aromatic N) is 4. The fraction of sp³-hybridized carbons (Fsp3) is 0.280. The quantitative estimate of drug-likeness (QED) is 0.551. The van der Waals surface area contributed by atoms with Crippen molar-refractivity contribution in [1.29, 1.82) is 5.26 Å². The summed E-state index contributed by atoms with van der Waals surface area (Å²) in [6.07, 6.45) is 2.22. The molecule has 1 atom stereocenters. The number of aromatic nitrogens is 2. The van der Waals surface area contributed by atoms with E-state index < -0.39 is 15.7 Å². The lowest BCUT2D eigenvalue weighted by molar-refractivity contribution is 0.0997. The lowest BCUT2D eigenvalue weighted by Gasteiger charge is -2.33. The SMILES string of the molecule is CC1CN(c2nccc(S(=O)(=O)c3cccc(Oc4cccc(C#N)c4)n3)c2C(N)=O)C(C)(C)C1. The van der Waals surface area contributed by atoms with Crippen molar-refractivity contribution < 1.29 is 17.9 Å². The van der Waals surface area contributed by atoms with Crippen molar-refractivity contribution in [3.63, 3.8) is 0 Å². The van der Waals surface area contributed by atoms with Gasteiger partial charge in [0, 0.05) is 24.3 Å². The summed E-state index contributed by atoms with van der Waals surface area (Å²) in [5, 5.41) is 8.77. The number of anilines is 1. The molecule has 0 aliphatic carbocycles. The maximum Gasteiger partial charge on any atom is 0.253 e. The number of hydrogen-bond donors (Lipinski definition) is 1. The van der Waals surface area contributed by atoms with Crippen molar-refractivity contribution in [1.82, 2.24) is 9.97 Å². The summed E-state index contributed by atoms with van der Waals surface area (Å²) in [4.78, 5) is 22.8. The van der Waals surface area contributed by atoms with E-state index in [1.54, 1.807) is 18.2 Å². The molecular weight excluding hydrogens is 466 g/mol. The molecule has 2 aromatic heterocycles. The van der Waals surface area contributed by atoms with Crippen LogP contribution in [-0.4, -0.2) is 36.4 Å². The first-order valence-electron chi connectivity index (χ1n) is 11.0. The summed E-state index contributed by atoms with van der Waals surface area (Å²) in [5.41, 5.74) is 5.60. The second kappa shape index (κ2) is 9.00. The first-order chi connectivity index (χ1) is 16.5. The van der Waals surface area contributed by atoms with Crippen LogP contribution in [-0.2, 0) is 9.84 Å². The molecule has 2 N–H and O–H groups in total. The monoisotopic (exact) mass is 491 g/mol. The van der Waals surface area contributed by atoms with Gasteiger partial charge in [0.15, 0.2) is 5.03 Å². The van der Waals surface area contributed by atoms with E-state index in [9.17, 15) is 13.2 Å². The van der Waals surface area contributed by atoms with E-state index in [0.29, 0.717) is 23.8 Å². The molecule has 1 aromatic carbocycles. The molecule has 0 spiro atoms. The highest BCUT2D eigenvalue weighted by Crippen LogP contribution is 2.39. The molecule has 35 heavy (non-hydrogen) atoms. The average molecular weight is 492 g/mol. The van der Waals surface area contributed by atoms with E-state index in [4.69, 9.17) is 15.7 Å². The molecule has 1 unspecified atom stereocenters. The number of ether oxygens (including phenoxy) is 1. The van der Waals surface area contributed by atoms with Gasteiger partial charge in [0.1, 0.15) is 17.1 Å². The highest BCUT2D eigenvalue weighted by atomic mass is 32.2. The summed E-state index contributed by atoms with van der Waals surface area (Å²) < 4.78 is 33.0. The summed E-state index contributed by atoms with van der Waals surface area (Å²) >= 11 is 0. The Hall–Kier alpha value is -3.97. The number of primary amides is 1. The Morgan fingerprint density at radius 1 is 1.23 bits per heavy atom. The van der Waals surface area contributed by atoms with Crippen LogP contribution in [0.5, 0.6) is 11.6 Å². The minimum absolute atomic E-state index is 0.0190. The summed E-state index contributed by atoms with van der Waals surface area (Å²) in [6.45, 7) is 6.75. The van der Waals surface area contributed by atoms with E-state index in [1.807, 2.05) is 24.8 Å². The lowest BCUT2D eigenvalue weighted by atomic mass is 9.97. The predicted molar refractivity (Wildman–Crippen MR) is 129 cm³/mol. The Balaban J connectivity index is 1.77. The molecule has 1 aliphatic rings. The molecule has 0 bridgehead atoms. The minimum Gasteiger partial charge on any atom is -0.439 e. The Bertz CT molecular complexity index is 1450. The zero-order chi connectivity index (χ0) is 25.4. The molecular formula is C25H25N5O4S. The average Bonchev–Trinajstić information content (AvgIpc) is 3.10. The minimum atomic E-state index is -4.26. The van der Waals surface area contributed by atoms with Crippen molar-refractivity contribution in [2.75, 3.05) is 11.4 Å². The molecule has 9 nitrogen and oxygen atoms in total. The van der Waals surface area contributed by atoms with Gasteiger partial charge in [0.25, 0.3) is 5.91 Å². The molecule has 1 amide bonds. The standard InChI is InChI=1S/C25H25N5O4S/c1-16-13-25(2,3)30(15-16)24-22(23(27)31)19(10-11-28-24)35(32,33)21-9-5-8-20(29-21)34-18-7-4-6-17(12-18)14-26/h4-12,16H,13,15H2,1-3H3,(H2,27,31). The zero-order valence-electron chi connectivity index (χ0n) is 19.6. The number of pyridine rings is 2. The van der Waals surface area contributed by atoms with Crippen molar-refractivity contribution in [2.24, 2.45) is 11.7 Å². The van der Waals surface area contributed by atoms with Gasteiger partial charge in [-0.1, -0.05) is 19.1 Å². The fourth-order valence-corrected chi connectivity index (χ4v) is 5.91. The molecule has 10 heteroatoms. The van der Waals surface area contributed by atoms with Crippen LogP contribution in [0.15, 0.2) is 64.6 Å². The van der Waals surface area contributed by atoms with Crippen LogP contribution in [0.25, 0.3) is 0 Å². The second-order valence-corrected chi connectivity index (χ2v) is 11.0. The van der Waals surface area contributed by atoms with Crippen molar-refractivity contribution in [3.8, 4) is 17.7 Å². The van der Waals surface area contributed by atoms with Crippen LogP contribution in [0, 0.1) is 17.2 Å². The number of benzene rings is 1. The molecule has 0 saturated carbocycles. The van der Waals surface area contributed by atoms with E-state index >= 15 is 0 Å². The molecule has 1 fully saturated rings. The van der Waals surface area contributed by atoms with Crippen LogP contribution in [0.1, 0.15) is 43.1 Å². The second-order valence-electron chi connectivity index (χ2n) is 9.16. The van der Waals surface area contributed by atoms with Gasteiger partial charge in [-0.15, -0.1) is 0 Å². The van der Waals surface area contributed by atoms with E-state index in [2.05, 4.69) is 16.9 Å². The molecule has 1 saturated heterocycles. The number of nitrogens with two attached hydrogens (primary N) is 1. The van der Waals surface area contributed by atoms with Gasteiger partial charge in [0.05, 0.1) is 16.5 Å². The number of rotatable bonds is 6. The van der Waals surface area contributed by atoms with Gasteiger partial charge in [-0.2, -0.15) is 5.26 Å². The number of carbonyl (C=O) groups is 1. The molecule has 4 rings (SSSR count). The topological polar surface area (TPSA) is 139 Å². The van der Waals surface area contributed by atoms with Gasteiger partial charge >= 0.3 is 0 Å². The predicted octanol–water partition coefficient (Wildman–Crippen LogP) is 3.70. The molecule has 3 heterocycles. The van der Waals surface area contributed by atoms with E-state index in [0.717, 1.165) is 6.42 Å². The third-order valence-electron chi connectivity index (χ3n) is 5.92. The van der Waals surface area contributed by atoms with E-state index in [1.165, 1.54) is 36.5 Å². The van der Waals surface area contributed by atoms with Crippen LogP contribution in [0.4, 0.5) is 5.82 Å². The van der Waals surface area contributed by atoms with E-state index in [-0.39, 0.29) is 32.7 Å². The van der Waals surface area contributed by atoms with Crippen LogP contribution >= 0.6 is 0 Å². The normalized spacial score (nSPS) is 17.1. The fourth-order valence-electron chi connectivity index (χ4n) is 4.52. The van der Waals surface area contributed by atoms with Crippen molar-refractivity contribution in [2.45, 2.75) is 42.7 Å². The first kappa shape index (κ1) is 24.2. The molecule has 1 aliphatic heterocycles. The summed E-state index contributed by atoms with van der Waals surface area (Å²) in [5.74, 6) is 0.0466. The third-order valence-corrected chi connectivity index (χ3v) is 7.61. The maximum absolute atomic E-state index is 13.6.